The Bertz CT molecular complexity index is 272. The van der Waals surface area contributed by atoms with Gasteiger partial charge in [-0.3, -0.25) is 0 Å². The van der Waals surface area contributed by atoms with Crippen molar-refractivity contribution in [1.82, 2.24) is 0 Å². The molecule has 0 saturated heterocycles. The van der Waals surface area contributed by atoms with Crippen LogP contribution in [0.5, 0.6) is 0 Å². The minimum absolute atomic E-state index is 1.14. The van der Waals surface area contributed by atoms with Gasteiger partial charge in [-0.25, -0.2) is 0 Å². The van der Waals surface area contributed by atoms with E-state index in [2.05, 4.69) is 37.3 Å². The molecular weight excluding hydrogens is 120 g/mol. The minimum Gasteiger partial charge on any atom is -0.0689 e. The first-order valence-corrected chi connectivity index (χ1v) is 3.61. The molecule has 2 rings (SSSR count). The van der Waals surface area contributed by atoms with Gasteiger partial charge in [0, 0.05) is 0 Å². The summed E-state index contributed by atoms with van der Waals surface area (Å²) in [6, 6.07) is 0. The first-order chi connectivity index (χ1) is 4.86. The Kier molecular flexibility index (Phi) is 1.13. The van der Waals surface area contributed by atoms with Gasteiger partial charge in [0.15, 0.2) is 0 Å². The van der Waals surface area contributed by atoms with Crippen molar-refractivity contribution in [3.63, 3.8) is 0 Å². The Morgan fingerprint density at radius 1 is 1.20 bits per heavy atom. The molecule has 0 N–H and O–H groups in total. The minimum atomic E-state index is 1.14. The molecule has 0 amide bonds. The van der Waals surface area contributed by atoms with Crippen LogP contribution in [0.2, 0.25) is 0 Å². The van der Waals surface area contributed by atoms with E-state index in [1.165, 1.54) is 16.7 Å². The number of fused-ring (bicyclic) bond motifs is 1. The zero-order valence-corrected chi connectivity index (χ0v) is 6.09. The van der Waals surface area contributed by atoms with Crippen molar-refractivity contribution in [2.75, 3.05) is 0 Å². The quantitative estimate of drug-likeness (QED) is 0.473. The summed E-state index contributed by atoms with van der Waals surface area (Å²) in [5.74, 6) is 0. The van der Waals surface area contributed by atoms with Gasteiger partial charge in [-0.05, 0) is 24.5 Å². The Morgan fingerprint density at radius 2 is 2.10 bits per heavy atom. The second kappa shape index (κ2) is 1.98. The fourth-order valence-electron chi connectivity index (χ4n) is 1.39. The summed E-state index contributed by atoms with van der Waals surface area (Å²) in [6.45, 7) is 2.17. The van der Waals surface area contributed by atoms with Crippen molar-refractivity contribution in [3.05, 3.63) is 47.1 Å². The highest BCUT2D eigenvalue weighted by atomic mass is 14.1. The van der Waals surface area contributed by atoms with Crippen molar-refractivity contribution in [3.8, 4) is 0 Å². The number of hydrogen-bond acceptors (Lipinski definition) is 0. The van der Waals surface area contributed by atoms with E-state index >= 15 is 0 Å². The third-order valence-electron chi connectivity index (χ3n) is 1.96. The highest BCUT2D eigenvalue weighted by Gasteiger charge is 2.09. The summed E-state index contributed by atoms with van der Waals surface area (Å²) in [4.78, 5) is 0. The molecule has 0 fully saturated rings. The monoisotopic (exact) mass is 130 g/mol. The molecule has 0 aromatic heterocycles. The van der Waals surface area contributed by atoms with E-state index in [0.717, 1.165) is 6.42 Å². The molecule has 0 aromatic carbocycles. The topological polar surface area (TPSA) is 0 Å². The Morgan fingerprint density at radius 3 is 3.00 bits per heavy atom. The molecule has 50 valence electrons. The van der Waals surface area contributed by atoms with Gasteiger partial charge in [-0.1, -0.05) is 36.0 Å². The molecule has 0 saturated carbocycles. The van der Waals surface area contributed by atoms with Crippen molar-refractivity contribution >= 4 is 0 Å². The smallest absolute Gasteiger partial charge is 0.00608 e. The zero-order valence-electron chi connectivity index (χ0n) is 6.09. The fourth-order valence-corrected chi connectivity index (χ4v) is 1.39. The lowest BCUT2D eigenvalue weighted by Crippen LogP contribution is -1.90. The van der Waals surface area contributed by atoms with Crippen LogP contribution in [0.25, 0.3) is 0 Å². The van der Waals surface area contributed by atoms with E-state index in [1.807, 2.05) is 0 Å². The van der Waals surface area contributed by atoms with Crippen molar-refractivity contribution < 1.29 is 0 Å². The van der Waals surface area contributed by atoms with E-state index in [-0.39, 0.29) is 0 Å². The van der Waals surface area contributed by atoms with Crippen LogP contribution in [0.3, 0.4) is 0 Å². The molecule has 0 aliphatic heterocycles. The highest BCUT2D eigenvalue weighted by molar-refractivity contribution is 5.53. The van der Waals surface area contributed by atoms with Gasteiger partial charge in [-0.2, -0.15) is 0 Å². The van der Waals surface area contributed by atoms with E-state index in [4.69, 9.17) is 0 Å². The van der Waals surface area contributed by atoms with E-state index in [9.17, 15) is 0 Å². The first-order valence-electron chi connectivity index (χ1n) is 3.61. The van der Waals surface area contributed by atoms with Gasteiger partial charge in [0.2, 0.25) is 0 Å². The largest absolute Gasteiger partial charge is 0.0689 e. The van der Waals surface area contributed by atoms with Crippen LogP contribution in [-0.4, -0.2) is 0 Å². The summed E-state index contributed by atoms with van der Waals surface area (Å²) in [5.41, 5.74) is 4.32. The van der Waals surface area contributed by atoms with Crippen LogP contribution in [-0.2, 0) is 0 Å². The summed E-state index contributed by atoms with van der Waals surface area (Å²) >= 11 is 0. The molecule has 0 bridgehead atoms. The average molecular weight is 130 g/mol. The lowest BCUT2D eigenvalue weighted by Gasteiger charge is -2.09. The third-order valence-corrected chi connectivity index (χ3v) is 1.96. The van der Waals surface area contributed by atoms with Crippen molar-refractivity contribution in [2.45, 2.75) is 13.3 Å². The first kappa shape index (κ1) is 5.72. The molecule has 0 spiro atoms. The number of allylic oxidation sites excluding steroid dienone is 8. The maximum Gasteiger partial charge on any atom is -0.00608 e. The van der Waals surface area contributed by atoms with Crippen molar-refractivity contribution in [1.29, 1.82) is 0 Å². The molecule has 2 aliphatic rings. The van der Waals surface area contributed by atoms with Gasteiger partial charge in [-0.15, -0.1) is 0 Å². The molecule has 0 radical (unpaired) electrons. The van der Waals surface area contributed by atoms with Gasteiger partial charge >= 0.3 is 0 Å². The molecule has 0 aromatic rings. The second-order valence-electron chi connectivity index (χ2n) is 2.86. The van der Waals surface area contributed by atoms with E-state index < -0.39 is 0 Å². The number of hydrogen-bond donors (Lipinski definition) is 0. The summed E-state index contributed by atoms with van der Waals surface area (Å²) in [7, 11) is 0. The van der Waals surface area contributed by atoms with Gasteiger partial charge in [0.1, 0.15) is 0 Å². The molecular formula is C10H10. The van der Waals surface area contributed by atoms with Crippen LogP contribution < -0.4 is 0 Å². The molecule has 2 aliphatic carbocycles. The van der Waals surface area contributed by atoms with Gasteiger partial charge < -0.3 is 0 Å². The summed E-state index contributed by atoms with van der Waals surface area (Å²) < 4.78 is 0. The van der Waals surface area contributed by atoms with E-state index in [1.54, 1.807) is 0 Å². The number of rotatable bonds is 0. The molecule has 0 heteroatoms. The van der Waals surface area contributed by atoms with Crippen LogP contribution in [0.15, 0.2) is 47.1 Å². The van der Waals surface area contributed by atoms with Gasteiger partial charge in [0.05, 0.1) is 0 Å². The SMILES string of the molecule is CC1=CC=C2C=CC=C2C1. The van der Waals surface area contributed by atoms with Gasteiger partial charge in [0.25, 0.3) is 0 Å². The zero-order chi connectivity index (χ0) is 6.97. The van der Waals surface area contributed by atoms with Crippen LogP contribution >= 0.6 is 0 Å². The highest BCUT2D eigenvalue weighted by Crippen LogP contribution is 2.28. The Hall–Kier alpha value is -1.04. The lowest BCUT2D eigenvalue weighted by atomic mass is 9.96. The van der Waals surface area contributed by atoms with Crippen LogP contribution in [0.4, 0.5) is 0 Å². The predicted molar refractivity (Wildman–Crippen MR) is 43.7 cm³/mol. The maximum atomic E-state index is 2.20. The van der Waals surface area contributed by atoms with Crippen LogP contribution in [0, 0.1) is 0 Å². The average Bonchev–Trinajstić information content (AvgIpc) is 2.33. The molecule has 0 unspecified atom stereocenters. The molecule has 0 atom stereocenters. The molecule has 0 nitrogen and oxygen atoms in total. The third kappa shape index (κ3) is 0.766. The summed E-state index contributed by atoms with van der Waals surface area (Å²) in [5, 5.41) is 0. The molecule has 10 heavy (non-hydrogen) atoms. The Labute approximate surface area is 61.3 Å². The van der Waals surface area contributed by atoms with E-state index in [0.29, 0.717) is 0 Å². The normalized spacial score (nSPS) is 21.5. The maximum absolute atomic E-state index is 2.20. The van der Waals surface area contributed by atoms with Crippen molar-refractivity contribution in [2.24, 2.45) is 0 Å². The standard InChI is InChI=1S/C10H10/c1-8-5-6-9-3-2-4-10(9)7-8/h2-6H,7H2,1H3. The lowest BCUT2D eigenvalue weighted by molar-refractivity contribution is 1.12. The fraction of sp³-hybridized carbons (Fsp3) is 0.200. The Balaban J connectivity index is 2.42. The second-order valence-corrected chi connectivity index (χ2v) is 2.86. The summed E-state index contributed by atoms with van der Waals surface area (Å²) in [6.07, 6.45) is 12.0. The predicted octanol–water partition coefficient (Wildman–Crippen LogP) is 2.76. The molecule has 0 heterocycles. The van der Waals surface area contributed by atoms with Crippen LogP contribution in [0.1, 0.15) is 13.3 Å².